The number of hydrogen-bond donors (Lipinski definition) is 1. The molecule has 0 aromatic heterocycles. The van der Waals surface area contributed by atoms with E-state index in [4.69, 9.17) is 4.74 Å². The Morgan fingerprint density at radius 1 is 1.43 bits per heavy atom. The zero-order valence-corrected chi connectivity index (χ0v) is 9.73. The molecule has 1 aliphatic carbocycles. The van der Waals surface area contributed by atoms with Crippen molar-refractivity contribution in [1.82, 2.24) is 5.32 Å². The van der Waals surface area contributed by atoms with Crippen molar-refractivity contribution in [1.29, 1.82) is 0 Å². The summed E-state index contributed by atoms with van der Waals surface area (Å²) in [7, 11) is 0. The predicted octanol–water partition coefficient (Wildman–Crippen LogP) is 2.33. The predicted molar refractivity (Wildman–Crippen MR) is 58.4 cm³/mol. The molecule has 1 saturated carbocycles. The molecule has 1 heterocycles. The Balaban J connectivity index is 2.07. The average Bonchev–Trinajstić information content (AvgIpc) is 2.47. The van der Waals surface area contributed by atoms with Crippen molar-refractivity contribution >= 4 is 0 Å². The summed E-state index contributed by atoms with van der Waals surface area (Å²) in [4.78, 5) is 0. The van der Waals surface area contributed by atoms with E-state index in [9.17, 15) is 0 Å². The van der Waals surface area contributed by atoms with Crippen molar-refractivity contribution in [3.63, 3.8) is 0 Å². The number of nitrogens with one attached hydrogen (secondary N) is 1. The SMILES string of the molecule is CCC1(C)CNCC2(CCC(C)C2)O1. The van der Waals surface area contributed by atoms with E-state index in [-0.39, 0.29) is 11.2 Å². The van der Waals surface area contributed by atoms with Crippen LogP contribution in [0.2, 0.25) is 0 Å². The van der Waals surface area contributed by atoms with Crippen molar-refractivity contribution < 1.29 is 4.74 Å². The van der Waals surface area contributed by atoms with E-state index in [1.54, 1.807) is 0 Å². The average molecular weight is 197 g/mol. The fourth-order valence-corrected chi connectivity index (χ4v) is 2.95. The Kier molecular flexibility index (Phi) is 2.61. The second-order valence-corrected chi connectivity index (χ2v) is 5.54. The van der Waals surface area contributed by atoms with Gasteiger partial charge in [-0.25, -0.2) is 0 Å². The third-order valence-corrected chi connectivity index (χ3v) is 3.97. The lowest BCUT2D eigenvalue weighted by atomic mass is 9.92. The van der Waals surface area contributed by atoms with Gasteiger partial charge in [-0.3, -0.25) is 0 Å². The molecule has 0 radical (unpaired) electrons. The van der Waals surface area contributed by atoms with Crippen LogP contribution in [0.1, 0.15) is 46.5 Å². The fraction of sp³-hybridized carbons (Fsp3) is 1.00. The minimum Gasteiger partial charge on any atom is -0.366 e. The van der Waals surface area contributed by atoms with Crippen LogP contribution in [0, 0.1) is 5.92 Å². The van der Waals surface area contributed by atoms with Gasteiger partial charge < -0.3 is 10.1 Å². The first-order valence-corrected chi connectivity index (χ1v) is 5.98. The Morgan fingerprint density at radius 3 is 2.79 bits per heavy atom. The highest BCUT2D eigenvalue weighted by molar-refractivity contribution is 4.98. The third-order valence-electron chi connectivity index (χ3n) is 3.97. The van der Waals surface area contributed by atoms with Crippen LogP contribution >= 0.6 is 0 Å². The van der Waals surface area contributed by atoms with Crippen molar-refractivity contribution in [2.75, 3.05) is 13.1 Å². The van der Waals surface area contributed by atoms with E-state index in [1.165, 1.54) is 19.3 Å². The summed E-state index contributed by atoms with van der Waals surface area (Å²) in [6.07, 6.45) is 4.93. The van der Waals surface area contributed by atoms with Gasteiger partial charge in [-0.05, 0) is 38.5 Å². The summed E-state index contributed by atoms with van der Waals surface area (Å²) in [5.41, 5.74) is 0.241. The lowest BCUT2D eigenvalue weighted by molar-refractivity contribution is -0.169. The molecular formula is C12H23NO. The lowest BCUT2D eigenvalue weighted by Crippen LogP contribution is -2.58. The Labute approximate surface area is 87.4 Å². The van der Waals surface area contributed by atoms with E-state index < -0.39 is 0 Å². The standard InChI is InChI=1S/C12H23NO/c1-4-11(3)8-13-9-12(14-11)6-5-10(2)7-12/h10,13H,4-9H2,1-3H3. The quantitative estimate of drug-likeness (QED) is 0.696. The summed E-state index contributed by atoms with van der Waals surface area (Å²) in [5, 5.41) is 3.55. The first-order valence-electron chi connectivity index (χ1n) is 5.98. The molecule has 1 N–H and O–H groups in total. The molecule has 1 saturated heterocycles. The minimum absolute atomic E-state index is 0.0717. The van der Waals surface area contributed by atoms with Gasteiger partial charge in [0.15, 0.2) is 0 Å². The topological polar surface area (TPSA) is 21.3 Å². The molecule has 3 atom stereocenters. The summed E-state index contributed by atoms with van der Waals surface area (Å²) in [6, 6.07) is 0. The molecule has 2 heteroatoms. The second-order valence-electron chi connectivity index (χ2n) is 5.54. The van der Waals surface area contributed by atoms with Gasteiger partial charge in [-0.1, -0.05) is 13.8 Å². The Bertz CT molecular complexity index is 214. The molecule has 2 rings (SSSR count). The van der Waals surface area contributed by atoms with E-state index >= 15 is 0 Å². The molecule has 1 spiro atoms. The van der Waals surface area contributed by atoms with Gasteiger partial charge in [0.25, 0.3) is 0 Å². The molecule has 0 aromatic rings. The molecule has 0 bridgehead atoms. The molecule has 3 unspecified atom stereocenters. The molecule has 0 aromatic carbocycles. The van der Waals surface area contributed by atoms with Crippen LogP contribution in [0.15, 0.2) is 0 Å². The highest BCUT2D eigenvalue weighted by Gasteiger charge is 2.45. The molecule has 82 valence electrons. The van der Waals surface area contributed by atoms with Crippen LogP contribution in [-0.4, -0.2) is 24.3 Å². The Hall–Kier alpha value is -0.0800. The largest absolute Gasteiger partial charge is 0.366 e. The van der Waals surface area contributed by atoms with Crippen molar-refractivity contribution in [3.05, 3.63) is 0 Å². The third kappa shape index (κ3) is 1.82. The number of ether oxygens (including phenoxy) is 1. The summed E-state index contributed by atoms with van der Waals surface area (Å²) >= 11 is 0. The van der Waals surface area contributed by atoms with Crippen LogP contribution in [0.5, 0.6) is 0 Å². The van der Waals surface area contributed by atoms with Gasteiger partial charge in [-0.15, -0.1) is 0 Å². The fourth-order valence-electron chi connectivity index (χ4n) is 2.95. The zero-order valence-electron chi connectivity index (χ0n) is 9.73. The molecule has 1 aliphatic heterocycles. The van der Waals surface area contributed by atoms with E-state index in [2.05, 4.69) is 26.1 Å². The number of rotatable bonds is 1. The minimum atomic E-state index is 0.0717. The number of hydrogen-bond acceptors (Lipinski definition) is 2. The van der Waals surface area contributed by atoms with Crippen LogP contribution in [-0.2, 0) is 4.74 Å². The zero-order chi connectivity index (χ0) is 10.2. The lowest BCUT2D eigenvalue weighted by Gasteiger charge is -2.45. The second kappa shape index (κ2) is 3.49. The first kappa shape index (κ1) is 10.4. The molecule has 0 amide bonds. The van der Waals surface area contributed by atoms with Crippen molar-refractivity contribution in [2.24, 2.45) is 5.92 Å². The van der Waals surface area contributed by atoms with Crippen LogP contribution in [0.3, 0.4) is 0 Å². The summed E-state index contributed by atoms with van der Waals surface area (Å²) < 4.78 is 6.38. The van der Waals surface area contributed by atoms with Gasteiger partial charge in [0, 0.05) is 13.1 Å². The van der Waals surface area contributed by atoms with Crippen LogP contribution in [0.25, 0.3) is 0 Å². The molecular weight excluding hydrogens is 174 g/mol. The monoisotopic (exact) mass is 197 g/mol. The van der Waals surface area contributed by atoms with Gasteiger partial charge in [0.2, 0.25) is 0 Å². The van der Waals surface area contributed by atoms with Crippen molar-refractivity contribution in [3.8, 4) is 0 Å². The van der Waals surface area contributed by atoms with Gasteiger partial charge in [0.05, 0.1) is 11.2 Å². The molecule has 2 fully saturated rings. The van der Waals surface area contributed by atoms with Gasteiger partial charge in [-0.2, -0.15) is 0 Å². The van der Waals surface area contributed by atoms with Crippen LogP contribution in [0.4, 0.5) is 0 Å². The maximum Gasteiger partial charge on any atom is 0.0817 e. The highest BCUT2D eigenvalue weighted by atomic mass is 16.5. The Morgan fingerprint density at radius 2 is 2.21 bits per heavy atom. The normalized spacial score (nSPS) is 48.6. The first-order chi connectivity index (χ1) is 6.58. The maximum atomic E-state index is 6.38. The maximum absolute atomic E-state index is 6.38. The van der Waals surface area contributed by atoms with Crippen molar-refractivity contribution in [2.45, 2.75) is 57.7 Å². The smallest absolute Gasteiger partial charge is 0.0817 e. The summed E-state index contributed by atoms with van der Waals surface area (Å²) in [6.45, 7) is 8.88. The van der Waals surface area contributed by atoms with Gasteiger partial charge in [0.1, 0.15) is 0 Å². The highest BCUT2D eigenvalue weighted by Crippen LogP contribution is 2.41. The van der Waals surface area contributed by atoms with Crippen LogP contribution < -0.4 is 5.32 Å². The van der Waals surface area contributed by atoms with E-state index in [0.717, 1.165) is 25.4 Å². The van der Waals surface area contributed by atoms with Gasteiger partial charge >= 0.3 is 0 Å². The van der Waals surface area contributed by atoms with E-state index in [0.29, 0.717) is 0 Å². The molecule has 2 aliphatic rings. The molecule has 2 nitrogen and oxygen atoms in total. The number of morpholine rings is 1. The summed E-state index contributed by atoms with van der Waals surface area (Å²) in [5.74, 6) is 0.844. The van der Waals surface area contributed by atoms with E-state index in [1.807, 2.05) is 0 Å². The molecule has 14 heavy (non-hydrogen) atoms.